The maximum Gasteiger partial charge on any atom is 0.224 e. The van der Waals surface area contributed by atoms with Crippen molar-refractivity contribution in [1.82, 2.24) is 20.2 Å². The molecule has 24 heavy (non-hydrogen) atoms. The molecule has 0 spiro atoms. The van der Waals surface area contributed by atoms with Gasteiger partial charge in [-0.15, -0.1) is 17.5 Å². The summed E-state index contributed by atoms with van der Waals surface area (Å²) in [6.45, 7) is 1.88. The van der Waals surface area contributed by atoms with Crippen LogP contribution in [-0.4, -0.2) is 32.2 Å². The highest BCUT2D eigenvalue weighted by Crippen LogP contribution is 2.39. The van der Waals surface area contributed by atoms with E-state index in [-0.39, 0.29) is 24.4 Å². The lowest BCUT2D eigenvalue weighted by molar-refractivity contribution is -0.116. The summed E-state index contributed by atoms with van der Waals surface area (Å²) in [7, 11) is 0. The summed E-state index contributed by atoms with van der Waals surface area (Å²) in [5.74, 6) is 1.13. The van der Waals surface area contributed by atoms with Crippen LogP contribution in [0.4, 0.5) is 5.69 Å². The number of benzene rings is 1. The lowest BCUT2D eigenvalue weighted by Gasteiger charge is -2.10. The van der Waals surface area contributed by atoms with E-state index in [1.807, 2.05) is 6.92 Å². The fraction of sp³-hybridized carbons (Fsp3) is 0.467. The molecule has 1 unspecified atom stereocenters. The van der Waals surface area contributed by atoms with Gasteiger partial charge in [0.05, 0.1) is 10.7 Å². The van der Waals surface area contributed by atoms with E-state index in [1.165, 1.54) is 0 Å². The number of carbonyl (C=O) groups is 1. The molecule has 1 heterocycles. The van der Waals surface area contributed by atoms with Gasteiger partial charge in [0.1, 0.15) is 0 Å². The Morgan fingerprint density at radius 2 is 2.25 bits per heavy atom. The largest absolute Gasteiger partial charge is 0.328 e. The van der Waals surface area contributed by atoms with Crippen LogP contribution in [-0.2, 0) is 4.79 Å². The molecule has 3 rings (SSSR count). The molecule has 1 aromatic carbocycles. The average Bonchev–Trinajstić information content (AvgIpc) is 3.25. The third kappa shape index (κ3) is 4.43. The van der Waals surface area contributed by atoms with Crippen LogP contribution in [0.2, 0.25) is 5.02 Å². The van der Waals surface area contributed by atoms with E-state index in [9.17, 15) is 4.79 Å². The molecular weight excluding hydrogens is 351 g/mol. The zero-order valence-electron chi connectivity index (χ0n) is 13.3. The molecule has 1 fully saturated rings. The lowest BCUT2D eigenvalue weighted by Crippen LogP contribution is -2.19. The SMILES string of the molecule is CC(N)CCC(=O)Nc1ccc(Cl)c(-n2nnnc2C2CC2)c1.Cl. The summed E-state index contributed by atoms with van der Waals surface area (Å²) in [4.78, 5) is 11.9. The van der Waals surface area contributed by atoms with E-state index >= 15 is 0 Å². The van der Waals surface area contributed by atoms with Gasteiger partial charge < -0.3 is 11.1 Å². The van der Waals surface area contributed by atoms with Gasteiger partial charge in [0.2, 0.25) is 5.91 Å². The van der Waals surface area contributed by atoms with Crippen molar-refractivity contribution in [2.24, 2.45) is 5.73 Å². The van der Waals surface area contributed by atoms with Crippen molar-refractivity contribution in [2.45, 2.75) is 44.6 Å². The van der Waals surface area contributed by atoms with Crippen molar-refractivity contribution in [3.63, 3.8) is 0 Å². The molecule has 9 heteroatoms. The number of tetrazole rings is 1. The van der Waals surface area contributed by atoms with Crippen LogP contribution in [0.15, 0.2) is 18.2 Å². The predicted octanol–water partition coefficient (Wildman–Crippen LogP) is 2.68. The van der Waals surface area contributed by atoms with Crippen molar-refractivity contribution in [2.75, 3.05) is 5.32 Å². The number of aromatic nitrogens is 4. The molecule has 1 aromatic heterocycles. The van der Waals surface area contributed by atoms with Crippen molar-refractivity contribution in [1.29, 1.82) is 0 Å². The molecule has 130 valence electrons. The standard InChI is InChI=1S/C15H19ClN6O.ClH/c1-9(17)2-7-14(23)18-11-5-6-12(16)13(8-11)22-15(10-3-4-10)19-20-21-22;/h5-6,8-10H,2-4,7,17H2,1H3,(H,18,23);1H. The Hall–Kier alpha value is -1.70. The molecule has 0 aliphatic heterocycles. The zero-order chi connectivity index (χ0) is 16.4. The molecule has 1 amide bonds. The maximum atomic E-state index is 11.9. The normalized spacial score (nSPS) is 14.8. The number of nitrogens with two attached hydrogens (primary N) is 1. The van der Waals surface area contributed by atoms with Crippen LogP contribution in [0.1, 0.15) is 44.3 Å². The van der Waals surface area contributed by atoms with Gasteiger partial charge in [-0.1, -0.05) is 11.6 Å². The Kier molecular flexibility index (Phi) is 6.15. The number of hydrogen-bond acceptors (Lipinski definition) is 5. The Bertz CT molecular complexity index is 714. The second kappa shape index (κ2) is 7.92. The third-order valence-corrected chi connectivity index (χ3v) is 4.04. The number of nitrogens with one attached hydrogen (secondary N) is 1. The molecule has 1 aliphatic rings. The monoisotopic (exact) mass is 370 g/mol. The van der Waals surface area contributed by atoms with E-state index in [0.717, 1.165) is 18.7 Å². The maximum absolute atomic E-state index is 11.9. The van der Waals surface area contributed by atoms with E-state index in [1.54, 1.807) is 22.9 Å². The summed E-state index contributed by atoms with van der Waals surface area (Å²) in [5, 5.41) is 15.2. The smallest absolute Gasteiger partial charge is 0.224 e. The fourth-order valence-corrected chi connectivity index (χ4v) is 2.49. The molecule has 1 saturated carbocycles. The molecular formula is C15H20Cl2N6O. The highest BCUT2D eigenvalue weighted by atomic mass is 35.5. The van der Waals surface area contributed by atoms with Crippen molar-refractivity contribution < 1.29 is 4.79 Å². The summed E-state index contributed by atoms with van der Waals surface area (Å²) in [6.07, 6.45) is 3.20. The molecule has 1 aliphatic carbocycles. The van der Waals surface area contributed by atoms with Crippen LogP contribution in [0.3, 0.4) is 0 Å². The van der Waals surface area contributed by atoms with E-state index in [0.29, 0.717) is 35.2 Å². The zero-order valence-corrected chi connectivity index (χ0v) is 14.8. The highest BCUT2D eigenvalue weighted by Gasteiger charge is 2.30. The fourth-order valence-electron chi connectivity index (χ4n) is 2.30. The summed E-state index contributed by atoms with van der Waals surface area (Å²) >= 11 is 6.28. The van der Waals surface area contributed by atoms with Gasteiger partial charge in [0.25, 0.3) is 0 Å². The number of hydrogen-bond donors (Lipinski definition) is 2. The van der Waals surface area contributed by atoms with Gasteiger partial charge in [-0.05, 0) is 54.8 Å². The van der Waals surface area contributed by atoms with Crippen LogP contribution >= 0.6 is 24.0 Å². The Balaban J connectivity index is 0.00000208. The van der Waals surface area contributed by atoms with E-state index in [4.69, 9.17) is 17.3 Å². The predicted molar refractivity (Wildman–Crippen MR) is 94.9 cm³/mol. The minimum atomic E-state index is -0.0743. The number of nitrogens with zero attached hydrogens (tertiary/aromatic N) is 4. The topological polar surface area (TPSA) is 98.7 Å². The number of anilines is 1. The van der Waals surface area contributed by atoms with Crippen molar-refractivity contribution in [3.8, 4) is 5.69 Å². The number of rotatable bonds is 6. The van der Waals surface area contributed by atoms with Gasteiger partial charge in [-0.2, -0.15) is 4.68 Å². The Morgan fingerprint density at radius 3 is 2.92 bits per heavy atom. The van der Waals surface area contributed by atoms with Crippen LogP contribution in [0.25, 0.3) is 5.69 Å². The number of carbonyl (C=O) groups excluding carboxylic acids is 1. The van der Waals surface area contributed by atoms with E-state index < -0.39 is 0 Å². The summed E-state index contributed by atoms with van der Waals surface area (Å²) in [5.41, 5.74) is 7.00. The Labute approximate surface area is 151 Å². The van der Waals surface area contributed by atoms with Crippen LogP contribution in [0, 0.1) is 0 Å². The second-order valence-electron chi connectivity index (χ2n) is 5.95. The van der Waals surface area contributed by atoms with Crippen LogP contribution < -0.4 is 11.1 Å². The highest BCUT2D eigenvalue weighted by molar-refractivity contribution is 6.32. The first kappa shape index (κ1) is 18.6. The number of amides is 1. The number of halogens is 2. The molecule has 0 radical (unpaired) electrons. The molecule has 1 atom stereocenters. The minimum absolute atomic E-state index is 0. The quantitative estimate of drug-likeness (QED) is 0.814. The van der Waals surface area contributed by atoms with Gasteiger partial charge in [0.15, 0.2) is 5.82 Å². The molecule has 7 nitrogen and oxygen atoms in total. The van der Waals surface area contributed by atoms with Crippen molar-refractivity contribution in [3.05, 3.63) is 29.0 Å². The molecule has 0 bridgehead atoms. The average molecular weight is 371 g/mol. The van der Waals surface area contributed by atoms with Gasteiger partial charge in [0, 0.05) is 24.1 Å². The van der Waals surface area contributed by atoms with Gasteiger partial charge >= 0.3 is 0 Å². The first-order valence-electron chi connectivity index (χ1n) is 7.68. The van der Waals surface area contributed by atoms with Gasteiger partial charge in [-0.25, -0.2) is 0 Å². The van der Waals surface area contributed by atoms with Crippen LogP contribution in [0.5, 0.6) is 0 Å². The van der Waals surface area contributed by atoms with Gasteiger partial charge in [-0.3, -0.25) is 4.79 Å². The Morgan fingerprint density at radius 1 is 1.50 bits per heavy atom. The first-order valence-corrected chi connectivity index (χ1v) is 8.06. The second-order valence-corrected chi connectivity index (χ2v) is 6.36. The third-order valence-electron chi connectivity index (χ3n) is 3.72. The summed E-state index contributed by atoms with van der Waals surface area (Å²) in [6, 6.07) is 5.28. The molecule has 3 N–H and O–H groups in total. The minimum Gasteiger partial charge on any atom is -0.328 e. The van der Waals surface area contributed by atoms with E-state index in [2.05, 4.69) is 20.8 Å². The van der Waals surface area contributed by atoms with Crippen molar-refractivity contribution >= 4 is 35.6 Å². The lowest BCUT2D eigenvalue weighted by atomic mass is 10.2. The molecule has 0 saturated heterocycles. The first-order chi connectivity index (χ1) is 11.0. The summed E-state index contributed by atoms with van der Waals surface area (Å²) < 4.78 is 1.65. The molecule has 2 aromatic rings.